The molecular formula is C57H60BrN3. The van der Waals surface area contributed by atoms with Crippen molar-refractivity contribution < 1.29 is 0 Å². The van der Waals surface area contributed by atoms with Crippen molar-refractivity contribution in [2.45, 2.75) is 105 Å². The van der Waals surface area contributed by atoms with Crippen LogP contribution >= 0.6 is 15.9 Å². The molecule has 1 aliphatic heterocycles. The number of hydrogen-bond donors (Lipinski definition) is 0. The maximum Gasteiger partial charge on any atom is 0.137 e. The molecule has 0 saturated heterocycles. The summed E-state index contributed by atoms with van der Waals surface area (Å²) in [4.78, 5) is 10.0. The first-order valence-corrected chi connectivity index (χ1v) is 22.4. The lowest BCUT2D eigenvalue weighted by Crippen LogP contribution is -2.20. The summed E-state index contributed by atoms with van der Waals surface area (Å²) in [5.74, 6) is 0.892. The highest BCUT2D eigenvalue weighted by atomic mass is 79.9. The van der Waals surface area contributed by atoms with Crippen LogP contribution in [0, 0.1) is 0 Å². The predicted molar refractivity (Wildman–Crippen MR) is 266 cm³/mol. The van der Waals surface area contributed by atoms with Gasteiger partial charge in [-0.25, -0.2) is 4.98 Å². The molecule has 1 aromatic heterocycles. The monoisotopic (exact) mass is 865 g/mol. The molecule has 0 atom stereocenters. The molecule has 2 heterocycles. The molecule has 0 bridgehead atoms. The molecule has 0 aliphatic carbocycles. The molecule has 7 aromatic rings. The quantitative estimate of drug-likeness (QED) is 0.172. The lowest BCUT2D eigenvalue weighted by molar-refractivity contribution is 0.569. The Bertz CT molecular complexity index is 2720. The van der Waals surface area contributed by atoms with Crippen molar-refractivity contribution in [1.82, 2.24) is 4.98 Å². The summed E-state index contributed by atoms with van der Waals surface area (Å²) in [5, 5.41) is 0. The Balaban J connectivity index is 1.47. The maximum absolute atomic E-state index is 5.17. The molecule has 6 aromatic carbocycles. The first kappa shape index (κ1) is 42.2. The minimum absolute atomic E-state index is 0.0597. The van der Waals surface area contributed by atoms with Gasteiger partial charge in [0.2, 0.25) is 0 Å². The molecule has 0 amide bonds. The maximum atomic E-state index is 5.17. The third-order valence-electron chi connectivity index (χ3n) is 12.1. The highest BCUT2D eigenvalue weighted by Crippen LogP contribution is 2.53. The fraction of sp³-hybridized carbons (Fsp3) is 0.281. The number of hydrogen-bond acceptors (Lipinski definition) is 3. The van der Waals surface area contributed by atoms with Crippen molar-refractivity contribution in [2.75, 3.05) is 9.80 Å². The number of rotatable bonds is 5. The van der Waals surface area contributed by atoms with Crippen LogP contribution in [-0.4, -0.2) is 4.98 Å². The summed E-state index contributed by atoms with van der Waals surface area (Å²) >= 11 is 3.96. The smallest absolute Gasteiger partial charge is 0.137 e. The molecule has 310 valence electrons. The fourth-order valence-electron chi connectivity index (χ4n) is 8.35. The van der Waals surface area contributed by atoms with Crippen molar-refractivity contribution in [2.24, 2.45) is 0 Å². The first-order valence-electron chi connectivity index (χ1n) is 21.6. The molecule has 0 unspecified atom stereocenters. The summed E-state index contributed by atoms with van der Waals surface area (Å²) in [5.41, 5.74) is 17.5. The predicted octanol–water partition coefficient (Wildman–Crippen LogP) is 17.3. The van der Waals surface area contributed by atoms with Gasteiger partial charge in [-0.1, -0.05) is 172 Å². The van der Waals surface area contributed by atoms with Gasteiger partial charge in [-0.15, -0.1) is 0 Å². The highest BCUT2D eigenvalue weighted by Gasteiger charge is 2.31. The van der Waals surface area contributed by atoms with Crippen molar-refractivity contribution in [3.05, 3.63) is 172 Å². The van der Waals surface area contributed by atoms with Crippen molar-refractivity contribution in [3.63, 3.8) is 0 Å². The van der Waals surface area contributed by atoms with Crippen LogP contribution in [0.3, 0.4) is 0 Å². The number of anilines is 6. The molecule has 4 heteroatoms. The van der Waals surface area contributed by atoms with E-state index in [1.165, 1.54) is 50.1 Å². The second kappa shape index (κ2) is 15.5. The van der Waals surface area contributed by atoms with Crippen LogP contribution in [0.4, 0.5) is 34.3 Å². The second-order valence-corrected chi connectivity index (χ2v) is 21.8. The van der Waals surface area contributed by atoms with E-state index in [1.807, 2.05) is 6.20 Å². The van der Waals surface area contributed by atoms with Gasteiger partial charge in [-0.05, 0) is 133 Å². The fourth-order valence-corrected chi connectivity index (χ4v) is 8.84. The molecule has 61 heavy (non-hydrogen) atoms. The van der Waals surface area contributed by atoms with E-state index in [-0.39, 0.29) is 21.7 Å². The van der Waals surface area contributed by atoms with E-state index in [2.05, 4.69) is 248 Å². The van der Waals surface area contributed by atoms with E-state index in [1.54, 1.807) is 0 Å². The Morgan fingerprint density at radius 3 is 1.61 bits per heavy atom. The van der Waals surface area contributed by atoms with Gasteiger partial charge in [0.25, 0.3) is 0 Å². The van der Waals surface area contributed by atoms with Crippen LogP contribution in [-0.2, 0) is 21.7 Å². The standard InChI is InChI=1S/C57H60BrN3/c1-54(2,3)39-26-27-59-53(34-39)61-51-21-17-16-20-48(51)50-28-38(37-18-14-13-15-19-37)22-24-47(50)49-25-23-44(36-52(49)61)60(46-33-42(57(10,11)12)30-43(58)35-46)45-31-40(55(4,5)6)29-41(32-45)56(7,8)9/h13-36H,1-12H3. The van der Waals surface area contributed by atoms with Gasteiger partial charge in [0, 0.05) is 38.9 Å². The number of pyridine rings is 1. The van der Waals surface area contributed by atoms with E-state index < -0.39 is 0 Å². The highest BCUT2D eigenvalue weighted by molar-refractivity contribution is 9.10. The second-order valence-electron chi connectivity index (χ2n) is 20.9. The Morgan fingerprint density at radius 2 is 0.967 bits per heavy atom. The summed E-state index contributed by atoms with van der Waals surface area (Å²) in [6.45, 7) is 27.6. The SMILES string of the molecule is CC(C)(C)c1cc(Br)cc(N(c2cc(C(C)(C)C)cc(C(C)(C)C)c2)c2ccc3c(c2)N(c2cc(C(C)(C)C)ccn2)c2ccccc2-c2cc(-c4ccccc4)ccc2-3)c1. The van der Waals surface area contributed by atoms with E-state index in [0.717, 1.165) is 44.3 Å². The molecule has 3 nitrogen and oxygen atoms in total. The minimum Gasteiger partial charge on any atom is -0.310 e. The van der Waals surface area contributed by atoms with Crippen molar-refractivity contribution in [1.29, 1.82) is 0 Å². The third-order valence-corrected chi connectivity index (χ3v) is 12.5. The normalized spacial score (nSPS) is 13.0. The first-order chi connectivity index (χ1) is 28.7. The van der Waals surface area contributed by atoms with Crippen molar-refractivity contribution in [3.8, 4) is 33.4 Å². The summed E-state index contributed by atoms with van der Waals surface area (Å²) in [7, 11) is 0. The average molecular weight is 867 g/mol. The van der Waals surface area contributed by atoms with Crippen LogP contribution in [0.25, 0.3) is 33.4 Å². The zero-order valence-electron chi connectivity index (χ0n) is 38.1. The Morgan fingerprint density at radius 1 is 0.410 bits per heavy atom. The van der Waals surface area contributed by atoms with Gasteiger partial charge >= 0.3 is 0 Å². The van der Waals surface area contributed by atoms with Crippen LogP contribution in [0.15, 0.2) is 150 Å². The van der Waals surface area contributed by atoms with Crippen LogP contribution in [0.5, 0.6) is 0 Å². The average Bonchev–Trinajstić information content (AvgIpc) is 3.32. The Kier molecular flexibility index (Phi) is 10.7. The van der Waals surface area contributed by atoms with Crippen LogP contribution in [0.2, 0.25) is 0 Å². The van der Waals surface area contributed by atoms with Gasteiger partial charge in [0.15, 0.2) is 0 Å². The van der Waals surface area contributed by atoms with Crippen LogP contribution in [0.1, 0.15) is 105 Å². The summed E-state index contributed by atoms with van der Waals surface area (Å²) in [6.07, 6.45) is 1.97. The third kappa shape index (κ3) is 8.45. The molecule has 0 N–H and O–H groups in total. The summed E-state index contributed by atoms with van der Waals surface area (Å²) in [6, 6.07) is 52.1. The van der Waals surface area contributed by atoms with E-state index >= 15 is 0 Å². The molecule has 8 rings (SSSR count). The lowest BCUT2D eigenvalue weighted by atomic mass is 9.80. The molecular weight excluding hydrogens is 807 g/mol. The molecule has 0 radical (unpaired) electrons. The Hall–Kier alpha value is -5.45. The largest absolute Gasteiger partial charge is 0.310 e. The van der Waals surface area contributed by atoms with Crippen LogP contribution < -0.4 is 9.80 Å². The number of aromatic nitrogens is 1. The summed E-state index contributed by atoms with van der Waals surface area (Å²) < 4.78 is 1.06. The topological polar surface area (TPSA) is 19.4 Å². The van der Waals surface area contributed by atoms with Gasteiger partial charge in [-0.3, -0.25) is 4.90 Å². The van der Waals surface area contributed by atoms with Gasteiger partial charge < -0.3 is 4.90 Å². The zero-order valence-corrected chi connectivity index (χ0v) is 39.7. The zero-order chi connectivity index (χ0) is 43.6. The Labute approximate surface area is 373 Å². The molecule has 0 fully saturated rings. The van der Waals surface area contributed by atoms with Crippen molar-refractivity contribution >= 4 is 50.2 Å². The van der Waals surface area contributed by atoms with E-state index in [0.29, 0.717) is 0 Å². The van der Waals surface area contributed by atoms with Gasteiger partial charge in [0.05, 0.1) is 11.4 Å². The molecule has 0 saturated carbocycles. The number of para-hydroxylation sites is 1. The minimum atomic E-state index is -0.0631. The van der Waals surface area contributed by atoms with Gasteiger partial charge in [0.1, 0.15) is 5.82 Å². The van der Waals surface area contributed by atoms with E-state index in [4.69, 9.17) is 4.98 Å². The number of nitrogens with zero attached hydrogens (tertiary/aromatic N) is 3. The van der Waals surface area contributed by atoms with Gasteiger partial charge in [-0.2, -0.15) is 0 Å². The molecule has 1 aliphatic rings. The molecule has 0 spiro atoms. The number of fused-ring (bicyclic) bond motifs is 5. The lowest BCUT2D eigenvalue weighted by Gasteiger charge is -2.33. The number of benzene rings is 6. The van der Waals surface area contributed by atoms with E-state index in [9.17, 15) is 0 Å². The number of halogens is 1.